The van der Waals surface area contributed by atoms with E-state index in [4.69, 9.17) is 5.11 Å². The topological polar surface area (TPSA) is 20.2 Å². The monoisotopic (exact) mass is 152 g/mol. The number of allylic oxidation sites excluding steroid dienone is 2. The van der Waals surface area contributed by atoms with Crippen molar-refractivity contribution in [2.45, 2.75) is 26.7 Å². The van der Waals surface area contributed by atoms with E-state index in [1.165, 1.54) is 12.0 Å². The lowest BCUT2D eigenvalue weighted by atomic mass is 9.86. The SMILES string of the molecule is CCC1CC=CC(CO)=C1C. The second kappa shape index (κ2) is 3.72. The number of hydrogen-bond donors (Lipinski definition) is 1. The largest absolute Gasteiger partial charge is 0.392 e. The van der Waals surface area contributed by atoms with Crippen LogP contribution in [0.2, 0.25) is 0 Å². The minimum absolute atomic E-state index is 0.193. The first-order chi connectivity index (χ1) is 5.29. The number of aliphatic hydroxyl groups is 1. The minimum Gasteiger partial charge on any atom is -0.392 e. The summed E-state index contributed by atoms with van der Waals surface area (Å²) >= 11 is 0. The molecule has 0 radical (unpaired) electrons. The Labute approximate surface area is 68.4 Å². The Morgan fingerprint density at radius 3 is 2.91 bits per heavy atom. The Morgan fingerprint density at radius 2 is 2.36 bits per heavy atom. The van der Waals surface area contributed by atoms with Crippen LogP contribution in [0.1, 0.15) is 26.7 Å². The van der Waals surface area contributed by atoms with E-state index in [0.717, 1.165) is 12.0 Å². The van der Waals surface area contributed by atoms with Gasteiger partial charge in [0.2, 0.25) is 0 Å². The predicted molar refractivity (Wildman–Crippen MR) is 47.3 cm³/mol. The fraction of sp³-hybridized carbons (Fsp3) is 0.600. The maximum Gasteiger partial charge on any atom is 0.0681 e. The van der Waals surface area contributed by atoms with E-state index >= 15 is 0 Å². The Kier molecular flexibility index (Phi) is 2.89. The summed E-state index contributed by atoms with van der Waals surface area (Å²) in [6.45, 7) is 4.52. The number of hydrogen-bond acceptors (Lipinski definition) is 1. The third-order valence-corrected chi connectivity index (χ3v) is 2.52. The van der Waals surface area contributed by atoms with Gasteiger partial charge >= 0.3 is 0 Å². The zero-order chi connectivity index (χ0) is 8.27. The van der Waals surface area contributed by atoms with Gasteiger partial charge in [-0.05, 0) is 31.3 Å². The van der Waals surface area contributed by atoms with Crippen LogP contribution < -0.4 is 0 Å². The normalized spacial score (nSPS) is 24.5. The van der Waals surface area contributed by atoms with Gasteiger partial charge in [0.1, 0.15) is 0 Å². The standard InChI is InChI=1S/C10H16O/c1-3-9-5-4-6-10(7-11)8(9)2/h4,6,9,11H,3,5,7H2,1-2H3. The van der Waals surface area contributed by atoms with E-state index in [1.54, 1.807) is 0 Å². The first-order valence-electron chi connectivity index (χ1n) is 4.26. The van der Waals surface area contributed by atoms with Gasteiger partial charge in [0.25, 0.3) is 0 Å². The summed E-state index contributed by atoms with van der Waals surface area (Å²) in [5.74, 6) is 0.669. The zero-order valence-corrected chi connectivity index (χ0v) is 7.30. The predicted octanol–water partition coefficient (Wildman–Crippen LogP) is 2.28. The molecule has 1 rings (SSSR count). The van der Waals surface area contributed by atoms with Gasteiger partial charge < -0.3 is 5.11 Å². The molecule has 0 aromatic rings. The highest BCUT2D eigenvalue weighted by Gasteiger charge is 2.13. The van der Waals surface area contributed by atoms with Crippen LogP contribution in [-0.4, -0.2) is 11.7 Å². The molecular formula is C10H16O. The van der Waals surface area contributed by atoms with Crippen LogP contribution in [0.5, 0.6) is 0 Å². The Morgan fingerprint density at radius 1 is 1.64 bits per heavy atom. The molecule has 0 aromatic carbocycles. The van der Waals surface area contributed by atoms with E-state index < -0.39 is 0 Å². The van der Waals surface area contributed by atoms with E-state index in [0.29, 0.717) is 5.92 Å². The van der Waals surface area contributed by atoms with Crippen molar-refractivity contribution in [2.24, 2.45) is 5.92 Å². The van der Waals surface area contributed by atoms with Gasteiger partial charge in [0.05, 0.1) is 6.61 Å². The van der Waals surface area contributed by atoms with Crippen molar-refractivity contribution in [3.05, 3.63) is 23.3 Å². The highest BCUT2D eigenvalue weighted by atomic mass is 16.3. The second-order valence-corrected chi connectivity index (χ2v) is 3.11. The van der Waals surface area contributed by atoms with Crippen molar-refractivity contribution >= 4 is 0 Å². The van der Waals surface area contributed by atoms with Gasteiger partial charge in [-0.1, -0.05) is 24.6 Å². The van der Waals surface area contributed by atoms with Gasteiger partial charge in [-0.25, -0.2) is 0 Å². The van der Waals surface area contributed by atoms with Crippen LogP contribution in [0, 0.1) is 5.92 Å². The lowest BCUT2D eigenvalue weighted by Crippen LogP contribution is -2.07. The molecule has 0 heterocycles. The molecule has 62 valence electrons. The average molecular weight is 152 g/mol. The second-order valence-electron chi connectivity index (χ2n) is 3.11. The maximum atomic E-state index is 8.97. The van der Waals surface area contributed by atoms with Gasteiger partial charge in [0, 0.05) is 0 Å². The van der Waals surface area contributed by atoms with E-state index in [-0.39, 0.29) is 6.61 Å². The van der Waals surface area contributed by atoms with Crippen molar-refractivity contribution in [2.75, 3.05) is 6.61 Å². The molecule has 0 aliphatic heterocycles. The van der Waals surface area contributed by atoms with Gasteiger partial charge in [0.15, 0.2) is 0 Å². The van der Waals surface area contributed by atoms with Crippen LogP contribution in [-0.2, 0) is 0 Å². The molecule has 0 amide bonds. The summed E-state index contributed by atoms with van der Waals surface area (Å²) in [4.78, 5) is 0. The molecule has 1 heteroatoms. The summed E-state index contributed by atoms with van der Waals surface area (Å²) in [5, 5.41) is 8.97. The van der Waals surface area contributed by atoms with Crippen LogP contribution >= 0.6 is 0 Å². The van der Waals surface area contributed by atoms with Gasteiger partial charge in [-0.2, -0.15) is 0 Å². The van der Waals surface area contributed by atoms with Crippen LogP contribution in [0.4, 0.5) is 0 Å². The summed E-state index contributed by atoms with van der Waals surface area (Å²) in [5.41, 5.74) is 2.49. The van der Waals surface area contributed by atoms with Crippen LogP contribution in [0.15, 0.2) is 23.3 Å². The molecule has 0 bridgehead atoms. The number of aliphatic hydroxyl groups excluding tert-OH is 1. The molecule has 1 nitrogen and oxygen atoms in total. The van der Waals surface area contributed by atoms with Crippen molar-refractivity contribution in [1.82, 2.24) is 0 Å². The van der Waals surface area contributed by atoms with E-state index in [1.807, 2.05) is 6.08 Å². The van der Waals surface area contributed by atoms with Crippen molar-refractivity contribution in [3.63, 3.8) is 0 Å². The molecule has 0 spiro atoms. The van der Waals surface area contributed by atoms with Crippen LogP contribution in [0.25, 0.3) is 0 Å². The Hall–Kier alpha value is -0.560. The molecule has 1 N–H and O–H groups in total. The molecule has 1 aliphatic carbocycles. The summed E-state index contributed by atoms with van der Waals surface area (Å²) in [6.07, 6.45) is 6.53. The first-order valence-corrected chi connectivity index (χ1v) is 4.26. The molecule has 1 atom stereocenters. The third-order valence-electron chi connectivity index (χ3n) is 2.52. The molecule has 1 unspecified atom stereocenters. The molecule has 1 aliphatic rings. The first kappa shape index (κ1) is 8.54. The zero-order valence-electron chi connectivity index (χ0n) is 7.30. The fourth-order valence-electron chi connectivity index (χ4n) is 1.60. The summed E-state index contributed by atoms with van der Waals surface area (Å²) in [7, 11) is 0. The van der Waals surface area contributed by atoms with Crippen molar-refractivity contribution in [1.29, 1.82) is 0 Å². The smallest absolute Gasteiger partial charge is 0.0681 e. The average Bonchev–Trinajstić information content (AvgIpc) is 2.05. The van der Waals surface area contributed by atoms with Crippen LogP contribution in [0.3, 0.4) is 0 Å². The molecule has 0 fully saturated rings. The highest BCUT2D eigenvalue weighted by Crippen LogP contribution is 2.26. The maximum absolute atomic E-state index is 8.97. The lowest BCUT2D eigenvalue weighted by Gasteiger charge is -2.20. The molecule has 0 saturated heterocycles. The minimum atomic E-state index is 0.193. The summed E-state index contributed by atoms with van der Waals surface area (Å²) < 4.78 is 0. The fourth-order valence-corrected chi connectivity index (χ4v) is 1.60. The highest BCUT2D eigenvalue weighted by molar-refractivity contribution is 5.30. The molecule has 0 saturated carbocycles. The third kappa shape index (κ3) is 1.72. The number of rotatable bonds is 2. The lowest BCUT2D eigenvalue weighted by molar-refractivity contribution is 0.330. The molecule has 0 aromatic heterocycles. The Balaban J connectivity index is 2.78. The quantitative estimate of drug-likeness (QED) is 0.643. The Bertz CT molecular complexity index is 189. The van der Waals surface area contributed by atoms with Gasteiger partial charge in [-0.15, -0.1) is 0 Å². The summed E-state index contributed by atoms with van der Waals surface area (Å²) in [6, 6.07) is 0. The van der Waals surface area contributed by atoms with E-state index in [9.17, 15) is 0 Å². The molecular weight excluding hydrogens is 136 g/mol. The van der Waals surface area contributed by atoms with Crippen molar-refractivity contribution < 1.29 is 5.11 Å². The van der Waals surface area contributed by atoms with Crippen molar-refractivity contribution in [3.8, 4) is 0 Å². The van der Waals surface area contributed by atoms with E-state index in [2.05, 4.69) is 19.9 Å². The van der Waals surface area contributed by atoms with Gasteiger partial charge in [-0.3, -0.25) is 0 Å². The molecule has 11 heavy (non-hydrogen) atoms.